The average molecular weight is 388 g/mol. The average Bonchev–Trinajstić information content (AvgIpc) is 3.05. The lowest BCUT2D eigenvalue weighted by Gasteiger charge is -2.11. The van der Waals surface area contributed by atoms with E-state index in [1.807, 2.05) is 19.1 Å². The van der Waals surface area contributed by atoms with Crippen molar-refractivity contribution in [2.75, 3.05) is 0 Å². The van der Waals surface area contributed by atoms with Crippen LogP contribution in [-0.2, 0) is 6.18 Å². The van der Waals surface area contributed by atoms with Crippen molar-refractivity contribution in [3.05, 3.63) is 76.9 Å². The number of aryl methyl sites for hydroxylation is 1. The Balaban J connectivity index is 1.93. The molecule has 4 rings (SSSR count). The Kier molecular flexibility index (Phi) is 4.15. The van der Waals surface area contributed by atoms with E-state index in [2.05, 4.69) is 10.1 Å². The molecule has 3 nitrogen and oxygen atoms in total. The van der Waals surface area contributed by atoms with Crippen LogP contribution in [0, 0.1) is 6.92 Å². The molecule has 0 fully saturated rings. The van der Waals surface area contributed by atoms with Gasteiger partial charge in [0.2, 0.25) is 0 Å². The zero-order valence-corrected chi connectivity index (χ0v) is 14.9. The summed E-state index contributed by atoms with van der Waals surface area (Å²) in [4.78, 5) is 4.39. The van der Waals surface area contributed by atoms with Crippen molar-refractivity contribution in [1.82, 2.24) is 14.6 Å². The molecule has 0 unspecified atom stereocenters. The van der Waals surface area contributed by atoms with Crippen LogP contribution in [0.2, 0.25) is 5.02 Å². The second-order valence-corrected chi connectivity index (χ2v) is 6.63. The number of hydrogen-bond acceptors (Lipinski definition) is 2. The lowest BCUT2D eigenvalue weighted by atomic mass is 10.1. The van der Waals surface area contributed by atoms with E-state index in [4.69, 9.17) is 11.6 Å². The van der Waals surface area contributed by atoms with Gasteiger partial charge < -0.3 is 0 Å². The number of benzene rings is 2. The Morgan fingerprint density at radius 3 is 2.07 bits per heavy atom. The van der Waals surface area contributed by atoms with Crippen LogP contribution in [0.3, 0.4) is 0 Å². The molecule has 27 heavy (non-hydrogen) atoms. The number of alkyl halides is 3. The minimum absolute atomic E-state index is 0.130. The van der Waals surface area contributed by atoms with Crippen molar-refractivity contribution in [2.45, 2.75) is 13.1 Å². The maximum absolute atomic E-state index is 13.6. The molecule has 0 aliphatic rings. The molecule has 7 heteroatoms. The second-order valence-electron chi connectivity index (χ2n) is 6.20. The summed E-state index contributed by atoms with van der Waals surface area (Å²) in [7, 11) is 0. The van der Waals surface area contributed by atoms with Crippen LogP contribution in [-0.4, -0.2) is 14.6 Å². The molecule has 0 amide bonds. The maximum atomic E-state index is 13.6. The molecular weight excluding hydrogens is 375 g/mol. The first-order chi connectivity index (χ1) is 12.8. The molecule has 136 valence electrons. The summed E-state index contributed by atoms with van der Waals surface area (Å²) >= 11 is 5.88. The summed E-state index contributed by atoms with van der Waals surface area (Å²) in [6.45, 7) is 1.91. The van der Waals surface area contributed by atoms with E-state index >= 15 is 0 Å². The number of rotatable bonds is 2. The Labute approximate surface area is 158 Å². The summed E-state index contributed by atoms with van der Waals surface area (Å²) in [6.07, 6.45) is -4.57. The molecule has 0 N–H and O–H groups in total. The van der Waals surface area contributed by atoms with Crippen molar-refractivity contribution in [3.63, 3.8) is 0 Å². The first-order valence-electron chi connectivity index (χ1n) is 8.12. The summed E-state index contributed by atoms with van der Waals surface area (Å²) in [5.74, 6) is 0. The number of hydrogen-bond donors (Lipinski definition) is 0. The van der Waals surface area contributed by atoms with Gasteiger partial charge in [-0.2, -0.15) is 18.3 Å². The number of fused-ring (bicyclic) bond motifs is 1. The van der Waals surface area contributed by atoms with Gasteiger partial charge in [-0.15, -0.1) is 0 Å². The highest BCUT2D eigenvalue weighted by atomic mass is 35.5. The van der Waals surface area contributed by atoms with Crippen LogP contribution in [0.5, 0.6) is 0 Å². The Morgan fingerprint density at radius 2 is 1.44 bits per heavy atom. The van der Waals surface area contributed by atoms with E-state index in [1.165, 1.54) is 6.07 Å². The van der Waals surface area contributed by atoms with Gasteiger partial charge in [0.25, 0.3) is 0 Å². The van der Waals surface area contributed by atoms with Gasteiger partial charge in [0, 0.05) is 22.2 Å². The van der Waals surface area contributed by atoms with Gasteiger partial charge in [0.1, 0.15) is 0 Å². The van der Waals surface area contributed by atoms with E-state index in [0.29, 0.717) is 21.8 Å². The normalized spacial score (nSPS) is 11.9. The van der Waals surface area contributed by atoms with Crippen LogP contribution in [0.25, 0.3) is 28.2 Å². The maximum Gasteiger partial charge on any atom is 0.433 e. The lowest BCUT2D eigenvalue weighted by Crippen LogP contribution is -2.13. The van der Waals surface area contributed by atoms with Crippen LogP contribution in [0.1, 0.15) is 11.3 Å². The largest absolute Gasteiger partial charge is 0.433 e. The Morgan fingerprint density at radius 1 is 0.852 bits per heavy atom. The molecule has 0 aliphatic heterocycles. The smallest absolute Gasteiger partial charge is 0.228 e. The molecule has 0 spiro atoms. The summed E-state index contributed by atoms with van der Waals surface area (Å²) in [5, 5.41) is 4.66. The van der Waals surface area contributed by atoms with Gasteiger partial charge in [-0.25, -0.2) is 9.50 Å². The fourth-order valence-electron chi connectivity index (χ4n) is 2.81. The molecular formula is C20H13ClF3N3. The Hall–Kier alpha value is -2.86. The fourth-order valence-corrected chi connectivity index (χ4v) is 2.94. The minimum Gasteiger partial charge on any atom is -0.228 e. The van der Waals surface area contributed by atoms with Gasteiger partial charge in [-0.05, 0) is 25.1 Å². The molecule has 0 atom stereocenters. The number of nitrogens with zero attached hydrogens (tertiary/aromatic N) is 3. The third kappa shape index (κ3) is 3.40. The van der Waals surface area contributed by atoms with E-state index in [-0.39, 0.29) is 11.3 Å². The van der Waals surface area contributed by atoms with Crippen molar-refractivity contribution in [1.29, 1.82) is 0 Å². The summed E-state index contributed by atoms with van der Waals surface area (Å²) in [5.41, 5.74) is 2.19. The monoisotopic (exact) mass is 387 g/mol. The number of aromatic nitrogens is 3. The van der Waals surface area contributed by atoms with Crippen molar-refractivity contribution >= 4 is 17.2 Å². The van der Waals surface area contributed by atoms with Gasteiger partial charge in [-0.1, -0.05) is 53.6 Å². The van der Waals surface area contributed by atoms with E-state index in [0.717, 1.165) is 16.1 Å². The van der Waals surface area contributed by atoms with Crippen LogP contribution < -0.4 is 0 Å². The molecule has 0 saturated carbocycles. The van der Waals surface area contributed by atoms with E-state index in [9.17, 15) is 13.2 Å². The van der Waals surface area contributed by atoms with Crippen molar-refractivity contribution in [2.24, 2.45) is 0 Å². The zero-order valence-electron chi connectivity index (χ0n) is 14.1. The van der Waals surface area contributed by atoms with Crippen molar-refractivity contribution in [3.8, 4) is 22.5 Å². The van der Waals surface area contributed by atoms with Gasteiger partial charge >= 0.3 is 6.18 Å². The third-order valence-corrected chi connectivity index (χ3v) is 4.46. The summed E-state index contributed by atoms with van der Waals surface area (Å²) in [6, 6.07) is 16.5. The Bertz CT molecular complexity index is 1110. The highest BCUT2D eigenvalue weighted by molar-refractivity contribution is 6.30. The third-order valence-electron chi connectivity index (χ3n) is 4.20. The van der Waals surface area contributed by atoms with Gasteiger partial charge in [0.15, 0.2) is 11.3 Å². The molecule has 2 aromatic carbocycles. The lowest BCUT2D eigenvalue weighted by molar-refractivity contribution is -0.142. The summed E-state index contributed by atoms with van der Waals surface area (Å²) < 4.78 is 41.7. The topological polar surface area (TPSA) is 30.2 Å². The second kappa shape index (κ2) is 6.39. The van der Waals surface area contributed by atoms with Gasteiger partial charge in [0.05, 0.1) is 11.4 Å². The van der Waals surface area contributed by atoms with Crippen molar-refractivity contribution < 1.29 is 13.2 Å². The molecule has 2 heterocycles. The first-order valence-corrected chi connectivity index (χ1v) is 8.50. The SMILES string of the molecule is Cc1ccc(-c2cc(C(F)(F)F)n3nc(-c4ccc(Cl)cc4)cc3n2)cc1. The fraction of sp³-hybridized carbons (Fsp3) is 0.100. The zero-order chi connectivity index (χ0) is 19.2. The van der Waals surface area contributed by atoms with Crippen LogP contribution in [0.4, 0.5) is 13.2 Å². The predicted octanol–water partition coefficient (Wildman–Crippen LogP) is 6.04. The van der Waals surface area contributed by atoms with E-state index < -0.39 is 11.9 Å². The molecule has 0 saturated heterocycles. The van der Waals surface area contributed by atoms with Gasteiger partial charge in [-0.3, -0.25) is 0 Å². The molecule has 0 aliphatic carbocycles. The molecule has 0 bridgehead atoms. The molecule has 2 aromatic heterocycles. The number of halogens is 4. The molecule has 0 radical (unpaired) electrons. The predicted molar refractivity (Wildman–Crippen MR) is 98.6 cm³/mol. The van der Waals surface area contributed by atoms with Crippen LogP contribution >= 0.6 is 11.6 Å². The highest BCUT2D eigenvalue weighted by Crippen LogP contribution is 2.33. The van der Waals surface area contributed by atoms with Crippen LogP contribution in [0.15, 0.2) is 60.7 Å². The first kappa shape index (κ1) is 17.5. The quantitative estimate of drug-likeness (QED) is 0.419. The molecule has 4 aromatic rings. The minimum atomic E-state index is -4.57. The standard InChI is InChI=1S/C20H13ClF3N3/c1-12-2-4-13(5-3-12)16-10-18(20(22,23)24)27-19(25-16)11-17(26-27)14-6-8-15(21)9-7-14/h2-11H,1H3. The highest BCUT2D eigenvalue weighted by Gasteiger charge is 2.35. The van der Waals surface area contributed by atoms with E-state index in [1.54, 1.807) is 36.4 Å².